The van der Waals surface area contributed by atoms with Gasteiger partial charge in [-0.15, -0.1) is 0 Å². The van der Waals surface area contributed by atoms with Crippen LogP contribution in [0.25, 0.3) is 0 Å². The predicted octanol–water partition coefficient (Wildman–Crippen LogP) is 2.02. The molecular weight excluding hydrogens is 288 g/mol. The number of H-pyrrole nitrogens is 1. The Kier molecular flexibility index (Phi) is 2.69. The lowest BCUT2D eigenvalue weighted by atomic mass is 9.95. The number of hydrogen-bond donors (Lipinski definition) is 1. The fourth-order valence-electron chi connectivity index (χ4n) is 4.74. The lowest BCUT2D eigenvalue weighted by molar-refractivity contribution is -0.132. The van der Waals surface area contributed by atoms with Crippen LogP contribution in [0.1, 0.15) is 42.1 Å². The molecule has 23 heavy (non-hydrogen) atoms. The van der Waals surface area contributed by atoms with Crippen LogP contribution in [0, 0.1) is 5.92 Å². The molecular formula is C18H20N4O. The SMILES string of the molecule is O=C(C1CC12CCc1ccccc12)N1CCC(c2ncn[nH]2)C1. The minimum Gasteiger partial charge on any atom is -0.342 e. The molecule has 1 aliphatic heterocycles. The first-order valence-corrected chi connectivity index (χ1v) is 8.50. The molecule has 1 aromatic carbocycles. The number of amides is 1. The first kappa shape index (κ1) is 13.3. The van der Waals surface area contributed by atoms with E-state index in [0.717, 1.165) is 44.6 Å². The van der Waals surface area contributed by atoms with Crippen LogP contribution in [0.2, 0.25) is 0 Å². The Morgan fingerprint density at radius 2 is 2.26 bits per heavy atom. The summed E-state index contributed by atoms with van der Waals surface area (Å²) in [7, 11) is 0. The summed E-state index contributed by atoms with van der Waals surface area (Å²) in [5.41, 5.74) is 3.03. The number of fused-ring (bicyclic) bond motifs is 2. The number of nitrogens with one attached hydrogen (secondary N) is 1. The zero-order valence-electron chi connectivity index (χ0n) is 13.0. The fraction of sp³-hybridized carbons (Fsp3) is 0.500. The highest BCUT2D eigenvalue weighted by Gasteiger charge is 2.62. The number of carbonyl (C=O) groups excluding carboxylic acids is 1. The first-order chi connectivity index (χ1) is 11.3. The van der Waals surface area contributed by atoms with Crippen molar-refractivity contribution in [2.75, 3.05) is 13.1 Å². The van der Waals surface area contributed by atoms with E-state index in [2.05, 4.69) is 39.4 Å². The van der Waals surface area contributed by atoms with Crippen molar-refractivity contribution in [1.82, 2.24) is 20.1 Å². The molecule has 1 amide bonds. The van der Waals surface area contributed by atoms with Crippen molar-refractivity contribution >= 4 is 5.91 Å². The molecule has 0 radical (unpaired) electrons. The molecule has 1 saturated heterocycles. The minimum absolute atomic E-state index is 0.151. The number of carbonyl (C=O) groups is 1. The van der Waals surface area contributed by atoms with Crippen molar-refractivity contribution in [2.24, 2.45) is 5.92 Å². The summed E-state index contributed by atoms with van der Waals surface area (Å²) >= 11 is 0. The Labute approximate surface area is 135 Å². The van der Waals surface area contributed by atoms with Gasteiger partial charge in [0.1, 0.15) is 12.2 Å². The number of aromatic amines is 1. The lowest BCUT2D eigenvalue weighted by Gasteiger charge is -2.18. The summed E-state index contributed by atoms with van der Waals surface area (Å²) in [6.07, 6.45) is 5.83. The summed E-state index contributed by atoms with van der Waals surface area (Å²) < 4.78 is 0. The van der Waals surface area contributed by atoms with Gasteiger partial charge in [0, 0.05) is 30.3 Å². The Bertz CT molecular complexity index is 756. The maximum atomic E-state index is 13.0. The summed E-state index contributed by atoms with van der Waals surface area (Å²) in [6, 6.07) is 8.68. The molecule has 1 aromatic heterocycles. The normalized spacial score (nSPS) is 31.6. The van der Waals surface area contributed by atoms with Gasteiger partial charge in [-0.1, -0.05) is 24.3 Å². The van der Waals surface area contributed by atoms with E-state index in [0.29, 0.717) is 11.8 Å². The highest BCUT2D eigenvalue weighted by molar-refractivity contribution is 5.85. The molecule has 5 nitrogen and oxygen atoms in total. The largest absolute Gasteiger partial charge is 0.342 e. The van der Waals surface area contributed by atoms with E-state index in [4.69, 9.17) is 0 Å². The molecule has 5 heteroatoms. The second-order valence-electron chi connectivity index (χ2n) is 7.21. The zero-order valence-corrected chi connectivity index (χ0v) is 13.0. The van der Waals surface area contributed by atoms with Gasteiger partial charge in [0.15, 0.2) is 0 Å². The molecule has 2 aromatic rings. The maximum Gasteiger partial charge on any atom is 0.226 e. The average molecular weight is 308 g/mol. The lowest BCUT2D eigenvalue weighted by Crippen LogP contribution is -2.32. The Morgan fingerprint density at radius 1 is 1.35 bits per heavy atom. The molecule has 5 rings (SSSR count). The van der Waals surface area contributed by atoms with E-state index in [1.807, 2.05) is 4.90 Å². The minimum atomic E-state index is 0.151. The van der Waals surface area contributed by atoms with Crippen molar-refractivity contribution < 1.29 is 4.79 Å². The second-order valence-corrected chi connectivity index (χ2v) is 7.21. The first-order valence-electron chi connectivity index (χ1n) is 8.50. The summed E-state index contributed by atoms with van der Waals surface area (Å²) in [5, 5.41) is 6.87. The van der Waals surface area contributed by atoms with E-state index in [-0.39, 0.29) is 11.3 Å². The van der Waals surface area contributed by atoms with Gasteiger partial charge in [-0.25, -0.2) is 4.98 Å². The van der Waals surface area contributed by atoms with Gasteiger partial charge in [0.25, 0.3) is 0 Å². The smallest absolute Gasteiger partial charge is 0.226 e. The molecule has 3 aliphatic rings. The highest BCUT2D eigenvalue weighted by atomic mass is 16.2. The highest BCUT2D eigenvalue weighted by Crippen LogP contribution is 2.62. The van der Waals surface area contributed by atoms with Crippen LogP contribution in [0.15, 0.2) is 30.6 Å². The van der Waals surface area contributed by atoms with Gasteiger partial charge >= 0.3 is 0 Å². The molecule has 1 spiro atoms. The quantitative estimate of drug-likeness (QED) is 0.923. The third-order valence-corrected chi connectivity index (χ3v) is 6.09. The number of benzene rings is 1. The second kappa shape index (κ2) is 4.66. The maximum absolute atomic E-state index is 13.0. The number of aromatic nitrogens is 3. The van der Waals surface area contributed by atoms with Crippen LogP contribution in [-0.2, 0) is 16.6 Å². The van der Waals surface area contributed by atoms with Crippen LogP contribution in [0.3, 0.4) is 0 Å². The van der Waals surface area contributed by atoms with Crippen molar-refractivity contribution in [1.29, 1.82) is 0 Å². The summed E-state index contributed by atoms with van der Waals surface area (Å²) in [5.74, 6) is 1.77. The number of nitrogens with zero attached hydrogens (tertiary/aromatic N) is 3. The summed E-state index contributed by atoms with van der Waals surface area (Å²) in [4.78, 5) is 19.3. The number of aryl methyl sites for hydroxylation is 1. The van der Waals surface area contributed by atoms with E-state index in [9.17, 15) is 4.79 Å². The molecule has 0 bridgehead atoms. The Hall–Kier alpha value is -2.17. The summed E-state index contributed by atoms with van der Waals surface area (Å²) in [6.45, 7) is 1.63. The molecule has 3 unspecified atom stereocenters. The Balaban J connectivity index is 1.32. The standard InChI is InChI=1S/C18H20N4O/c23-17(22-8-6-13(10-22)16-19-11-20-21-16)15-9-18(15)7-5-12-3-1-2-4-14(12)18/h1-4,11,13,15H,5-10H2,(H,19,20,21). The zero-order chi connectivity index (χ0) is 15.4. The van der Waals surface area contributed by atoms with Gasteiger partial charge in [0.2, 0.25) is 5.91 Å². The average Bonchev–Trinajstić information content (AvgIpc) is 3.03. The van der Waals surface area contributed by atoms with E-state index < -0.39 is 0 Å². The van der Waals surface area contributed by atoms with Crippen molar-refractivity contribution in [3.05, 3.63) is 47.5 Å². The number of rotatable bonds is 2. The van der Waals surface area contributed by atoms with E-state index in [1.54, 1.807) is 6.33 Å². The molecule has 118 valence electrons. The Morgan fingerprint density at radius 3 is 3.13 bits per heavy atom. The monoisotopic (exact) mass is 308 g/mol. The van der Waals surface area contributed by atoms with Crippen LogP contribution >= 0.6 is 0 Å². The number of hydrogen-bond acceptors (Lipinski definition) is 3. The molecule has 2 heterocycles. The molecule has 2 fully saturated rings. The molecule has 1 N–H and O–H groups in total. The van der Waals surface area contributed by atoms with Gasteiger partial charge in [-0.3, -0.25) is 9.89 Å². The van der Waals surface area contributed by atoms with Crippen LogP contribution in [0.4, 0.5) is 0 Å². The van der Waals surface area contributed by atoms with Crippen LogP contribution in [0.5, 0.6) is 0 Å². The van der Waals surface area contributed by atoms with Gasteiger partial charge < -0.3 is 4.90 Å². The van der Waals surface area contributed by atoms with Crippen LogP contribution < -0.4 is 0 Å². The van der Waals surface area contributed by atoms with Gasteiger partial charge in [0.05, 0.1) is 0 Å². The van der Waals surface area contributed by atoms with Gasteiger partial charge in [-0.05, 0) is 36.8 Å². The van der Waals surface area contributed by atoms with Crippen molar-refractivity contribution in [3.63, 3.8) is 0 Å². The fourth-order valence-corrected chi connectivity index (χ4v) is 4.74. The molecule has 1 saturated carbocycles. The van der Waals surface area contributed by atoms with Crippen molar-refractivity contribution in [3.8, 4) is 0 Å². The third kappa shape index (κ3) is 1.89. The van der Waals surface area contributed by atoms with Crippen LogP contribution in [-0.4, -0.2) is 39.1 Å². The molecule has 3 atom stereocenters. The van der Waals surface area contributed by atoms with E-state index >= 15 is 0 Å². The predicted molar refractivity (Wildman–Crippen MR) is 84.9 cm³/mol. The number of likely N-dealkylation sites (tertiary alicyclic amines) is 1. The van der Waals surface area contributed by atoms with Crippen molar-refractivity contribution in [2.45, 2.75) is 37.0 Å². The topological polar surface area (TPSA) is 61.9 Å². The van der Waals surface area contributed by atoms with E-state index in [1.165, 1.54) is 11.1 Å². The van der Waals surface area contributed by atoms with Gasteiger partial charge in [-0.2, -0.15) is 5.10 Å². The molecule has 2 aliphatic carbocycles. The third-order valence-electron chi connectivity index (χ3n) is 6.09.